The van der Waals surface area contributed by atoms with Gasteiger partial charge in [0.2, 0.25) is 0 Å². The minimum atomic E-state index is -1.16. The highest BCUT2D eigenvalue weighted by Crippen LogP contribution is 2.30. The summed E-state index contributed by atoms with van der Waals surface area (Å²) in [6.45, 7) is 0.668. The second kappa shape index (κ2) is 11.0. The fourth-order valence-corrected chi connectivity index (χ4v) is 5.17. The summed E-state index contributed by atoms with van der Waals surface area (Å²) in [4.78, 5) is 17.8. The lowest BCUT2D eigenvalue weighted by Crippen LogP contribution is -2.51. The van der Waals surface area contributed by atoms with Gasteiger partial charge in [0.25, 0.3) is 0 Å². The molecule has 2 aromatic heterocycles. The van der Waals surface area contributed by atoms with Gasteiger partial charge in [0.05, 0.1) is 37.1 Å². The van der Waals surface area contributed by atoms with Gasteiger partial charge in [-0.15, -0.1) is 0 Å². The Morgan fingerprint density at radius 3 is 1.92 bits per heavy atom. The van der Waals surface area contributed by atoms with Gasteiger partial charge in [-0.05, 0) is 60.1 Å². The van der Waals surface area contributed by atoms with E-state index in [1.807, 2.05) is 48.5 Å². The van der Waals surface area contributed by atoms with Gasteiger partial charge in [-0.2, -0.15) is 0 Å². The third kappa shape index (κ3) is 5.32. The summed E-state index contributed by atoms with van der Waals surface area (Å²) in [6, 6.07) is 11.9. The van der Waals surface area contributed by atoms with Gasteiger partial charge in [0.15, 0.2) is 0 Å². The molecule has 2 N–H and O–H groups in total. The highest BCUT2D eigenvalue weighted by molar-refractivity contribution is 5.76. The largest absolute Gasteiger partial charge is 0.472 e. The lowest BCUT2D eigenvalue weighted by molar-refractivity contribution is -0.0395. The van der Waals surface area contributed by atoms with E-state index >= 15 is 0 Å². The normalized spacial score (nSPS) is 24.6. The van der Waals surface area contributed by atoms with Crippen LogP contribution in [-0.2, 0) is 19.4 Å². The van der Waals surface area contributed by atoms with Crippen LogP contribution in [0, 0.1) is 0 Å². The second-order valence-electron chi connectivity index (χ2n) is 9.57. The lowest BCUT2D eigenvalue weighted by Gasteiger charge is -2.36. The molecule has 188 valence electrons. The number of hydrogen-bond acceptors (Lipinski definition) is 5. The standard InChI is InChI=1S/C29H32N2O5/c32-27-25(15-23-11-13-35-19-23)30(17-21-7-3-1-4-8-21)29(34)31(18-22-9-5-2-6-10-22)26(28(27)33)16-24-12-14-36-20-24/h1,3-5,7-14,19-20,25-28,32-33H,2,6,15-18H2/t25-,26-,27+,28+/m1/s1. The van der Waals surface area contributed by atoms with Crippen molar-refractivity contribution < 1.29 is 23.8 Å². The van der Waals surface area contributed by atoms with Crippen molar-refractivity contribution in [2.24, 2.45) is 0 Å². The van der Waals surface area contributed by atoms with Crippen molar-refractivity contribution in [1.82, 2.24) is 9.80 Å². The van der Waals surface area contributed by atoms with E-state index in [9.17, 15) is 15.0 Å². The first-order valence-electron chi connectivity index (χ1n) is 12.4. The molecule has 1 aromatic carbocycles. The van der Waals surface area contributed by atoms with Crippen LogP contribution in [0.15, 0.2) is 100 Å². The Bertz CT molecular complexity index is 1170. The lowest BCUT2D eigenvalue weighted by atomic mass is 9.91. The summed E-state index contributed by atoms with van der Waals surface area (Å²) in [5.74, 6) is 0. The Morgan fingerprint density at radius 1 is 0.778 bits per heavy atom. The van der Waals surface area contributed by atoms with Crippen LogP contribution in [0.5, 0.6) is 0 Å². The predicted molar refractivity (Wildman–Crippen MR) is 135 cm³/mol. The highest BCUT2D eigenvalue weighted by atomic mass is 16.3. The van der Waals surface area contributed by atoms with E-state index in [0.717, 1.165) is 35.1 Å². The van der Waals surface area contributed by atoms with Gasteiger partial charge in [-0.1, -0.05) is 48.6 Å². The number of aliphatic hydroxyl groups excluding tert-OH is 2. The summed E-state index contributed by atoms with van der Waals surface area (Å²) < 4.78 is 10.5. The van der Waals surface area contributed by atoms with E-state index in [1.165, 1.54) is 0 Å². The van der Waals surface area contributed by atoms with Gasteiger partial charge in [-0.25, -0.2) is 4.79 Å². The molecule has 36 heavy (non-hydrogen) atoms. The molecule has 0 spiro atoms. The number of carbonyl (C=O) groups excluding carboxylic acids is 1. The van der Waals surface area contributed by atoms with Crippen molar-refractivity contribution in [3.8, 4) is 0 Å². The molecular formula is C29H32N2O5. The van der Waals surface area contributed by atoms with Crippen LogP contribution in [0.25, 0.3) is 0 Å². The Labute approximate surface area is 210 Å². The van der Waals surface area contributed by atoms with Crippen molar-refractivity contribution in [1.29, 1.82) is 0 Å². The van der Waals surface area contributed by atoms with E-state index < -0.39 is 24.3 Å². The third-order valence-corrected chi connectivity index (χ3v) is 7.10. The molecule has 1 aliphatic carbocycles. The number of urea groups is 1. The van der Waals surface area contributed by atoms with E-state index in [2.05, 4.69) is 12.2 Å². The molecule has 3 heterocycles. The van der Waals surface area contributed by atoms with Crippen LogP contribution in [0.4, 0.5) is 4.79 Å². The number of furan rings is 2. The molecule has 0 radical (unpaired) electrons. The molecule has 1 saturated heterocycles. The fraction of sp³-hybridized carbons (Fsp3) is 0.345. The summed E-state index contributed by atoms with van der Waals surface area (Å²) in [7, 11) is 0. The van der Waals surface area contributed by atoms with Crippen molar-refractivity contribution in [3.05, 3.63) is 108 Å². The number of rotatable bonds is 8. The number of benzene rings is 1. The zero-order chi connectivity index (χ0) is 24.9. The van der Waals surface area contributed by atoms with Crippen LogP contribution in [0.2, 0.25) is 0 Å². The van der Waals surface area contributed by atoms with Crippen molar-refractivity contribution in [2.75, 3.05) is 6.54 Å². The number of nitrogens with zero attached hydrogens (tertiary/aromatic N) is 2. The molecule has 7 nitrogen and oxygen atoms in total. The minimum absolute atomic E-state index is 0.212. The van der Waals surface area contributed by atoms with Crippen LogP contribution >= 0.6 is 0 Å². The third-order valence-electron chi connectivity index (χ3n) is 7.10. The van der Waals surface area contributed by atoms with Crippen LogP contribution in [-0.4, -0.2) is 56.9 Å². The molecule has 7 heteroatoms. The van der Waals surface area contributed by atoms with Crippen LogP contribution < -0.4 is 0 Å². The average Bonchev–Trinajstić information content (AvgIpc) is 3.61. The molecule has 1 fully saturated rings. The molecule has 0 bridgehead atoms. The first-order valence-corrected chi connectivity index (χ1v) is 12.4. The van der Waals surface area contributed by atoms with Gasteiger partial charge in [0, 0.05) is 13.1 Å². The average molecular weight is 489 g/mol. The predicted octanol–water partition coefficient (Wildman–Crippen LogP) is 4.33. The summed E-state index contributed by atoms with van der Waals surface area (Å²) in [5.41, 5.74) is 3.70. The van der Waals surface area contributed by atoms with E-state index in [0.29, 0.717) is 25.9 Å². The van der Waals surface area contributed by atoms with Crippen LogP contribution in [0.1, 0.15) is 29.5 Å². The number of allylic oxidation sites excluding steroid dienone is 2. The second-order valence-corrected chi connectivity index (χ2v) is 9.57. The summed E-state index contributed by atoms with van der Waals surface area (Å²) in [6.07, 6.45) is 13.0. The van der Waals surface area contributed by atoms with Crippen LogP contribution in [0.3, 0.4) is 0 Å². The molecule has 1 aliphatic heterocycles. The molecule has 4 atom stereocenters. The maximum absolute atomic E-state index is 14.3. The molecular weight excluding hydrogens is 456 g/mol. The SMILES string of the molecule is O=C1N(CC2=CCCC=C2)[C@H](Cc2ccoc2)[C@H](O)[C@@H](O)[C@@H](Cc2ccoc2)N1Cc1ccccc1. The quantitative estimate of drug-likeness (QED) is 0.493. The Kier molecular flexibility index (Phi) is 7.39. The number of aliphatic hydroxyl groups is 2. The maximum Gasteiger partial charge on any atom is 0.321 e. The van der Waals surface area contributed by atoms with Gasteiger partial charge in [-0.3, -0.25) is 0 Å². The Balaban J connectivity index is 1.55. The summed E-state index contributed by atoms with van der Waals surface area (Å²) >= 11 is 0. The van der Waals surface area contributed by atoms with Crippen molar-refractivity contribution in [2.45, 2.75) is 56.5 Å². The first kappa shape index (κ1) is 24.2. The fourth-order valence-electron chi connectivity index (χ4n) is 5.17. The minimum Gasteiger partial charge on any atom is -0.472 e. The zero-order valence-corrected chi connectivity index (χ0v) is 20.1. The Morgan fingerprint density at radius 2 is 1.39 bits per heavy atom. The summed E-state index contributed by atoms with van der Waals surface area (Å²) in [5, 5.41) is 23.1. The molecule has 3 aromatic rings. The number of carbonyl (C=O) groups is 1. The molecule has 2 aliphatic rings. The number of hydrogen-bond donors (Lipinski definition) is 2. The van der Waals surface area contributed by atoms with Gasteiger partial charge >= 0.3 is 6.03 Å². The zero-order valence-electron chi connectivity index (χ0n) is 20.1. The maximum atomic E-state index is 14.3. The van der Waals surface area contributed by atoms with E-state index in [4.69, 9.17) is 8.83 Å². The highest BCUT2D eigenvalue weighted by Gasteiger charge is 2.46. The van der Waals surface area contributed by atoms with Crippen molar-refractivity contribution >= 4 is 6.03 Å². The van der Waals surface area contributed by atoms with Crippen molar-refractivity contribution in [3.63, 3.8) is 0 Å². The first-order chi connectivity index (χ1) is 17.6. The smallest absolute Gasteiger partial charge is 0.321 e. The molecule has 5 rings (SSSR count). The monoisotopic (exact) mass is 488 g/mol. The molecule has 2 amide bonds. The molecule has 0 saturated carbocycles. The Hall–Kier alpha value is -3.55. The topological polar surface area (TPSA) is 90.3 Å². The number of amides is 2. The van der Waals surface area contributed by atoms with Gasteiger partial charge < -0.3 is 28.8 Å². The van der Waals surface area contributed by atoms with Gasteiger partial charge in [0.1, 0.15) is 12.2 Å². The molecule has 0 unspecified atom stereocenters. The van der Waals surface area contributed by atoms with E-state index in [-0.39, 0.29) is 6.03 Å². The van der Waals surface area contributed by atoms with E-state index in [1.54, 1.807) is 34.9 Å².